The van der Waals surface area contributed by atoms with Gasteiger partial charge in [0.1, 0.15) is 17.2 Å². The largest absolute Gasteiger partial charge is 0.497 e. The highest BCUT2D eigenvalue weighted by Crippen LogP contribution is 2.61. The fourth-order valence-electron chi connectivity index (χ4n) is 7.05. The number of nitro benzene ring substituents is 1. The molecule has 2 heterocycles. The van der Waals surface area contributed by atoms with Gasteiger partial charge in [-0.15, -0.1) is 0 Å². The number of anilines is 1. The average Bonchev–Trinajstić information content (AvgIpc) is 3.47. The number of para-hydroxylation sites is 1. The molecule has 0 amide bonds. The lowest BCUT2D eigenvalue weighted by molar-refractivity contribution is -0.384. The number of non-ortho nitro benzene ring substituents is 1. The van der Waals surface area contributed by atoms with Gasteiger partial charge in [0.2, 0.25) is 0 Å². The molecule has 7 rings (SSSR count). The molecule has 0 N–H and O–H groups in total. The van der Waals surface area contributed by atoms with Crippen LogP contribution in [0.1, 0.15) is 48.1 Å². The van der Waals surface area contributed by atoms with Crippen LogP contribution in [0, 0.1) is 15.5 Å². The van der Waals surface area contributed by atoms with E-state index in [1.54, 1.807) is 61.7 Å². The Morgan fingerprint density at radius 2 is 1.55 bits per heavy atom. The van der Waals surface area contributed by atoms with E-state index in [1.807, 2.05) is 41.3 Å². The molecule has 42 heavy (non-hydrogen) atoms. The molecule has 206 valence electrons. The lowest BCUT2D eigenvalue weighted by atomic mass is 9.64. The Balaban J connectivity index is 1.53. The summed E-state index contributed by atoms with van der Waals surface area (Å²) in [5.74, 6) is -1.41. The van der Waals surface area contributed by atoms with Crippen LogP contribution in [0.25, 0.3) is 6.08 Å². The van der Waals surface area contributed by atoms with Gasteiger partial charge in [0.05, 0.1) is 18.1 Å². The highest BCUT2D eigenvalue weighted by Gasteiger charge is 2.71. The number of rotatable bonds is 5. The summed E-state index contributed by atoms with van der Waals surface area (Å²) in [4.78, 5) is 56.9. The maximum absolute atomic E-state index is 14.7. The highest BCUT2D eigenvalue weighted by atomic mass is 16.6. The van der Waals surface area contributed by atoms with Crippen LogP contribution in [-0.4, -0.2) is 41.5 Å². The van der Waals surface area contributed by atoms with Gasteiger partial charge in [0, 0.05) is 40.4 Å². The van der Waals surface area contributed by atoms with Crippen LogP contribution in [0.3, 0.4) is 0 Å². The van der Waals surface area contributed by atoms with E-state index >= 15 is 0 Å². The number of Topliss-reactive ketones (excluding diaryl/α,β-unsaturated/α-hetero) is 3. The molecule has 0 saturated carbocycles. The van der Waals surface area contributed by atoms with Crippen molar-refractivity contribution in [2.75, 3.05) is 12.0 Å². The summed E-state index contributed by atoms with van der Waals surface area (Å²) >= 11 is 0. The molecule has 2 aliphatic heterocycles. The lowest BCUT2D eigenvalue weighted by Gasteiger charge is -2.37. The quantitative estimate of drug-likeness (QED) is 0.130. The first-order chi connectivity index (χ1) is 20.4. The van der Waals surface area contributed by atoms with Gasteiger partial charge in [-0.2, -0.15) is 0 Å². The maximum Gasteiger partial charge on any atom is 0.270 e. The van der Waals surface area contributed by atoms with E-state index in [4.69, 9.17) is 4.74 Å². The number of hydrogen-bond donors (Lipinski definition) is 0. The number of nitro groups is 1. The fraction of sp³-hybridized carbons (Fsp3) is 0.147. The lowest BCUT2D eigenvalue weighted by Crippen LogP contribution is -2.48. The third-order valence-corrected chi connectivity index (χ3v) is 8.80. The zero-order valence-corrected chi connectivity index (χ0v) is 22.5. The normalized spacial score (nSPS) is 21.2. The number of carbonyl (C=O) groups excluding carboxylic acids is 3. The Morgan fingerprint density at radius 1 is 0.881 bits per heavy atom. The van der Waals surface area contributed by atoms with E-state index in [-0.39, 0.29) is 22.8 Å². The minimum absolute atomic E-state index is 0.131. The minimum atomic E-state index is -1.65. The van der Waals surface area contributed by atoms with Crippen molar-refractivity contribution in [1.29, 1.82) is 0 Å². The van der Waals surface area contributed by atoms with E-state index in [9.17, 15) is 24.5 Å². The maximum atomic E-state index is 14.7. The number of fused-ring (bicyclic) bond motifs is 5. The standard InChI is InChI=1S/C34H24N2O6/c1-42-24-16-13-21(14-17-24)29-30(31(37)22-8-6-9-23(19-22)36(40)41)35-27-12-5-2-7-20(27)15-18-28(35)34(29)32(38)25-10-3-4-11-26(25)33(34)39/h2-19,28-30H,1H3/t28-,29+,30+/m0/s1. The molecule has 0 unspecified atom stereocenters. The fourth-order valence-corrected chi connectivity index (χ4v) is 7.05. The molecule has 3 aliphatic rings. The Kier molecular flexibility index (Phi) is 5.69. The Morgan fingerprint density at radius 3 is 2.21 bits per heavy atom. The van der Waals surface area contributed by atoms with Crippen molar-refractivity contribution in [2.45, 2.75) is 18.0 Å². The Hall–Kier alpha value is -5.37. The van der Waals surface area contributed by atoms with Gasteiger partial charge in [-0.1, -0.05) is 78.9 Å². The van der Waals surface area contributed by atoms with Gasteiger partial charge in [0.25, 0.3) is 5.69 Å². The van der Waals surface area contributed by atoms with Crippen LogP contribution in [0.4, 0.5) is 11.4 Å². The summed E-state index contributed by atoms with van der Waals surface area (Å²) in [6.45, 7) is 0. The van der Waals surface area contributed by atoms with Crippen LogP contribution >= 0.6 is 0 Å². The summed E-state index contributed by atoms with van der Waals surface area (Å²) in [6.07, 6.45) is 3.74. The first-order valence-electron chi connectivity index (χ1n) is 13.5. The second-order valence-corrected chi connectivity index (χ2v) is 10.7. The molecule has 1 saturated heterocycles. The molecule has 4 aromatic rings. The van der Waals surface area contributed by atoms with Crippen LogP contribution in [0.15, 0.2) is 103 Å². The summed E-state index contributed by atoms with van der Waals surface area (Å²) in [6, 6.07) is 25.2. The summed E-state index contributed by atoms with van der Waals surface area (Å²) in [5, 5.41) is 11.6. The van der Waals surface area contributed by atoms with Crippen molar-refractivity contribution in [3.8, 4) is 5.75 Å². The summed E-state index contributed by atoms with van der Waals surface area (Å²) in [7, 11) is 1.54. The van der Waals surface area contributed by atoms with E-state index < -0.39 is 34.1 Å². The van der Waals surface area contributed by atoms with Crippen molar-refractivity contribution in [1.82, 2.24) is 0 Å². The van der Waals surface area contributed by atoms with Crippen LogP contribution in [-0.2, 0) is 0 Å². The van der Waals surface area contributed by atoms with Gasteiger partial charge >= 0.3 is 0 Å². The third-order valence-electron chi connectivity index (χ3n) is 8.80. The number of benzene rings is 4. The monoisotopic (exact) mass is 556 g/mol. The Bertz CT molecular complexity index is 1810. The van der Waals surface area contributed by atoms with Crippen molar-refractivity contribution in [2.24, 2.45) is 5.41 Å². The molecule has 0 radical (unpaired) electrons. The molecule has 8 heteroatoms. The molecule has 1 fully saturated rings. The number of ketones is 3. The van der Waals surface area contributed by atoms with Gasteiger partial charge in [-0.05, 0) is 29.3 Å². The third kappa shape index (κ3) is 3.38. The summed E-state index contributed by atoms with van der Waals surface area (Å²) < 4.78 is 5.38. The van der Waals surface area contributed by atoms with Crippen LogP contribution in [0.2, 0.25) is 0 Å². The number of ether oxygens (including phenoxy) is 1. The number of methoxy groups -OCH3 is 1. The number of carbonyl (C=O) groups is 3. The molecule has 0 aromatic heterocycles. The molecular weight excluding hydrogens is 532 g/mol. The second kappa shape index (κ2) is 9.34. The zero-order valence-electron chi connectivity index (χ0n) is 22.5. The highest BCUT2D eigenvalue weighted by molar-refractivity contribution is 6.32. The summed E-state index contributed by atoms with van der Waals surface area (Å²) in [5.41, 5.74) is 1.09. The van der Waals surface area contributed by atoms with E-state index in [2.05, 4.69) is 0 Å². The molecule has 0 bridgehead atoms. The van der Waals surface area contributed by atoms with E-state index in [0.717, 1.165) is 5.56 Å². The predicted molar refractivity (Wildman–Crippen MR) is 156 cm³/mol. The van der Waals surface area contributed by atoms with Gasteiger partial charge in [-0.3, -0.25) is 24.5 Å². The molecule has 4 aromatic carbocycles. The average molecular weight is 557 g/mol. The Labute approximate surface area is 241 Å². The van der Waals surface area contributed by atoms with E-state index in [0.29, 0.717) is 28.1 Å². The van der Waals surface area contributed by atoms with Crippen LogP contribution in [0.5, 0.6) is 5.75 Å². The zero-order chi connectivity index (χ0) is 29.2. The molecule has 8 nitrogen and oxygen atoms in total. The van der Waals surface area contributed by atoms with Crippen LogP contribution < -0.4 is 9.64 Å². The first-order valence-corrected chi connectivity index (χ1v) is 13.5. The van der Waals surface area contributed by atoms with Crippen molar-refractivity contribution in [3.63, 3.8) is 0 Å². The van der Waals surface area contributed by atoms with Gasteiger partial charge < -0.3 is 9.64 Å². The minimum Gasteiger partial charge on any atom is -0.497 e. The number of nitrogens with zero attached hydrogens (tertiary/aromatic N) is 2. The van der Waals surface area contributed by atoms with Crippen molar-refractivity contribution < 1.29 is 24.0 Å². The van der Waals surface area contributed by atoms with Crippen molar-refractivity contribution in [3.05, 3.63) is 141 Å². The number of hydrogen-bond acceptors (Lipinski definition) is 7. The molecular formula is C34H24N2O6. The molecule has 1 aliphatic carbocycles. The first kappa shape index (κ1) is 25.6. The second-order valence-electron chi connectivity index (χ2n) is 10.7. The molecule has 3 atom stereocenters. The van der Waals surface area contributed by atoms with Crippen molar-refractivity contribution >= 4 is 34.8 Å². The molecule has 1 spiro atoms. The van der Waals surface area contributed by atoms with E-state index in [1.165, 1.54) is 18.2 Å². The predicted octanol–water partition coefficient (Wildman–Crippen LogP) is 5.92. The van der Waals surface area contributed by atoms with Gasteiger partial charge in [-0.25, -0.2) is 0 Å². The van der Waals surface area contributed by atoms with Gasteiger partial charge in [0.15, 0.2) is 17.3 Å². The SMILES string of the molecule is COc1ccc([C@@H]2[C@H](C(=O)c3cccc([N+](=O)[O-])c3)N3c4ccccc4C=C[C@H]3C23C(=O)c2ccccc2C3=O)cc1. The topological polar surface area (TPSA) is 107 Å². The smallest absolute Gasteiger partial charge is 0.270 e.